The summed E-state index contributed by atoms with van der Waals surface area (Å²) in [4.78, 5) is 14.0. The zero-order chi connectivity index (χ0) is 13.1. The van der Waals surface area contributed by atoms with Gasteiger partial charge in [0.2, 0.25) is 0 Å². The van der Waals surface area contributed by atoms with Crippen LogP contribution in [-0.4, -0.2) is 42.8 Å². The molecule has 1 aliphatic rings. The molecule has 1 heterocycles. The van der Waals surface area contributed by atoms with Gasteiger partial charge in [0.15, 0.2) is 0 Å². The molecule has 4 nitrogen and oxygen atoms in total. The third kappa shape index (κ3) is 4.19. The Morgan fingerprint density at radius 3 is 2.65 bits per heavy atom. The van der Waals surface area contributed by atoms with E-state index in [0.29, 0.717) is 5.92 Å². The number of hydrogen-bond acceptors (Lipinski definition) is 3. The number of nitrogens with zero attached hydrogens (tertiary/aromatic N) is 1. The lowest BCUT2D eigenvalue weighted by atomic mass is 9.91. The molecule has 0 unspecified atom stereocenters. The molecular weight excluding hydrogens is 216 g/mol. The second-order valence-corrected chi connectivity index (χ2v) is 5.92. The van der Waals surface area contributed by atoms with Gasteiger partial charge in [-0.3, -0.25) is 0 Å². The molecule has 0 bridgehead atoms. The number of likely N-dealkylation sites (N-methyl/N-ethyl adjacent to an activating group) is 1. The average Bonchev–Trinajstić information content (AvgIpc) is 2.18. The average molecular weight is 242 g/mol. The second kappa shape index (κ2) is 5.71. The van der Waals surface area contributed by atoms with E-state index in [1.54, 1.807) is 0 Å². The molecule has 1 aliphatic heterocycles. The number of hydrogen-bond donors (Lipinski definition) is 1. The highest BCUT2D eigenvalue weighted by Gasteiger charge is 2.33. The summed E-state index contributed by atoms with van der Waals surface area (Å²) in [5.74, 6) is 0.531. The van der Waals surface area contributed by atoms with E-state index < -0.39 is 5.60 Å². The van der Waals surface area contributed by atoms with Gasteiger partial charge >= 0.3 is 6.09 Å². The summed E-state index contributed by atoms with van der Waals surface area (Å²) in [7, 11) is 1.93. The smallest absolute Gasteiger partial charge is 0.410 e. The summed E-state index contributed by atoms with van der Waals surface area (Å²) in [6, 6.07) is 0.253. The Morgan fingerprint density at radius 1 is 1.47 bits per heavy atom. The summed E-state index contributed by atoms with van der Waals surface area (Å²) in [5.41, 5.74) is -0.415. The molecule has 1 N–H and O–H groups in total. The molecule has 0 aromatic rings. The van der Waals surface area contributed by atoms with E-state index in [1.165, 1.54) is 6.42 Å². The number of carbonyl (C=O) groups is 1. The van der Waals surface area contributed by atoms with Gasteiger partial charge in [-0.25, -0.2) is 4.79 Å². The number of rotatable bonds is 2. The molecule has 4 heteroatoms. The predicted octanol–water partition coefficient (Wildman–Crippen LogP) is 2.24. The van der Waals surface area contributed by atoms with Crippen molar-refractivity contribution in [1.82, 2.24) is 10.2 Å². The van der Waals surface area contributed by atoms with Gasteiger partial charge in [0.25, 0.3) is 0 Å². The van der Waals surface area contributed by atoms with Crippen LogP contribution >= 0.6 is 0 Å². The highest BCUT2D eigenvalue weighted by Crippen LogP contribution is 2.24. The lowest BCUT2D eigenvalue weighted by Gasteiger charge is -2.40. The van der Waals surface area contributed by atoms with E-state index in [-0.39, 0.29) is 12.1 Å². The summed E-state index contributed by atoms with van der Waals surface area (Å²) in [5, 5.41) is 3.17. The molecule has 0 aromatic carbocycles. The molecule has 1 amide bonds. The van der Waals surface area contributed by atoms with Crippen LogP contribution in [-0.2, 0) is 4.74 Å². The van der Waals surface area contributed by atoms with E-state index in [4.69, 9.17) is 4.74 Å². The van der Waals surface area contributed by atoms with Gasteiger partial charge in [-0.2, -0.15) is 0 Å². The fourth-order valence-electron chi connectivity index (χ4n) is 2.32. The summed E-state index contributed by atoms with van der Waals surface area (Å²) in [6.45, 7) is 9.58. The molecule has 0 radical (unpaired) electrons. The number of amides is 1. The maximum absolute atomic E-state index is 12.1. The van der Waals surface area contributed by atoms with Crippen LogP contribution in [0.4, 0.5) is 4.79 Å². The number of piperidine rings is 1. The third-order valence-electron chi connectivity index (χ3n) is 3.16. The first kappa shape index (κ1) is 14.3. The lowest BCUT2D eigenvalue weighted by molar-refractivity contribution is 0.00211. The number of likely N-dealkylation sites (tertiary alicyclic amines) is 1. The van der Waals surface area contributed by atoms with Gasteiger partial charge < -0.3 is 15.0 Å². The van der Waals surface area contributed by atoms with Crippen LogP contribution in [0.5, 0.6) is 0 Å². The Bertz CT molecular complexity index is 261. The molecule has 1 rings (SSSR count). The van der Waals surface area contributed by atoms with Crippen molar-refractivity contribution in [3.8, 4) is 0 Å². The van der Waals surface area contributed by atoms with Gasteiger partial charge in [0.1, 0.15) is 5.60 Å². The first-order valence-electron chi connectivity index (χ1n) is 6.49. The van der Waals surface area contributed by atoms with E-state index in [2.05, 4.69) is 12.2 Å². The fraction of sp³-hybridized carbons (Fsp3) is 0.923. The fourth-order valence-corrected chi connectivity index (χ4v) is 2.32. The molecule has 2 atom stereocenters. The van der Waals surface area contributed by atoms with Gasteiger partial charge in [0.05, 0.1) is 6.04 Å². The normalized spacial score (nSPS) is 25.8. The number of carbonyl (C=O) groups excluding carboxylic acids is 1. The molecule has 1 saturated heterocycles. The first-order chi connectivity index (χ1) is 7.85. The first-order valence-corrected chi connectivity index (χ1v) is 6.49. The predicted molar refractivity (Wildman–Crippen MR) is 69.1 cm³/mol. The van der Waals surface area contributed by atoms with Crippen LogP contribution < -0.4 is 5.32 Å². The number of ether oxygens (including phenoxy) is 1. The quantitative estimate of drug-likeness (QED) is 0.807. The molecule has 17 heavy (non-hydrogen) atoms. The van der Waals surface area contributed by atoms with E-state index in [0.717, 1.165) is 19.5 Å². The van der Waals surface area contributed by atoms with Crippen molar-refractivity contribution in [2.45, 2.75) is 52.2 Å². The molecule has 0 aromatic heterocycles. The Labute approximate surface area is 105 Å². The van der Waals surface area contributed by atoms with Gasteiger partial charge in [-0.15, -0.1) is 0 Å². The van der Waals surface area contributed by atoms with Crippen molar-refractivity contribution in [3.05, 3.63) is 0 Å². The maximum Gasteiger partial charge on any atom is 0.410 e. The van der Waals surface area contributed by atoms with Crippen LogP contribution in [0.1, 0.15) is 40.5 Å². The topological polar surface area (TPSA) is 41.6 Å². The van der Waals surface area contributed by atoms with Crippen molar-refractivity contribution in [2.75, 3.05) is 20.1 Å². The molecular formula is C13H26N2O2. The number of nitrogens with one attached hydrogen (secondary N) is 1. The van der Waals surface area contributed by atoms with E-state index in [9.17, 15) is 4.79 Å². The second-order valence-electron chi connectivity index (χ2n) is 5.92. The van der Waals surface area contributed by atoms with Crippen molar-refractivity contribution in [2.24, 2.45) is 5.92 Å². The Morgan fingerprint density at radius 2 is 2.12 bits per heavy atom. The highest BCUT2D eigenvalue weighted by molar-refractivity contribution is 5.68. The maximum atomic E-state index is 12.1. The van der Waals surface area contributed by atoms with Crippen molar-refractivity contribution in [1.29, 1.82) is 0 Å². The summed E-state index contributed by atoms with van der Waals surface area (Å²) >= 11 is 0. The van der Waals surface area contributed by atoms with Gasteiger partial charge in [-0.1, -0.05) is 6.92 Å². The zero-order valence-electron chi connectivity index (χ0n) is 11.7. The Kier molecular flexibility index (Phi) is 4.80. The largest absolute Gasteiger partial charge is 0.444 e. The zero-order valence-corrected chi connectivity index (χ0v) is 11.7. The third-order valence-corrected chi connectivity index (χ3v) is 3.16. The van der Waals surface area contributed by atoms with Crippen LogP contribution in [0.2, 0.25) is 0 Å². The van der Waals surface area contributed by atoms with Crippen LogP contribution in [0.3, 0.4) is 0 Å². The Balaban J connectivity index is 2.68. The van der Waals surface area contributed by atoms with Crippen LogP contribution in [0.15, 0.2) is 0 Å². The summed E-state index contributed by atoms with van der Waals surface area (Å²) in [6.07, 6.45) is 2.08. The Hall–Kier alpha value is -0.770. The van der Waals surface area contributed by atoms with Crippen LogP contribution in [0.25, 0.3) is 0 Å². The minimum absolute atomic E-state index is 0.177. The monoisotopic (exact) mass is 242 g/mol. The molecule has 1 fully saturated rings. The van der Waals surface area contributed by atoms with Crippen molar-refractivity contribution < 1.29 is 9.53 Å². The lowest BCUT2D eigenvalue weighted by Crippen LogP contribution is -2.53. The minimum atomic E-state index is -0.415. The van der Waals surface area contributed by atoms with Crippen molar-refractivity contribution >= 4 is 6.09 Å². The minimum Gasteiger partial charge on any atom is -0.444 e. The van der Waals surface area contributed by atoms with Gasteiger partial charge in [0, 0.05) is 13.1 Å². The SMILES string of the molecule is CNC[C@@H]1[C@H](C)CCCN1C(=O)OC(C)(C)C. The van der Waals surface area contributed by atoms with E-state index in [1.807, 2.05) is 32.7 Å². The van der Waals surface area contributed by atoms with Crippen molar-refractivity contribution in [3.63, 3.8) is 0 Å². The standard InChI is InChI=1S/C13H26N2O2/c1-10-7-6-8-15(11(10)9-14-5)12(16)17-13(2,3)4/h10-11,14H,6-9H2,1-5H3/t10-,11-/m1/s1. The van der Waals surface area contributed by atoms with Crippen LogP contribution in [0, 0.1) is 5.92 Å². The highest BCUT2D eigenvalue weighted by atomic mass is 16.6. The molecule has 0 aliphatic carbocycles. The van der Waals surface area contributed by atoms with E-state index >= 15 is 0 Å². The molecule has 0 saturated carbocycles. The molecule has 100 valence electrons. The van der Waals surface area contributed by atoms with Gasteiger partial charge in [-0.05, 0) is 46.6 Å². The summed E-state index contributed by atoms with van der Waals surface area (Å²) < 4.78 is 5.46. The molecule has 0 spiro atoms.